The minimum atomic E-state index is 0.218. The maximum absolute atomic E-state index is 11.4. The van der Waals surface area contributed by atoms with E-state index in [4.69, 9.17) is 5.73 Å². The van der Waals surface area contributed by atoms with E-state index >= 15 is 0 Å². The second kappa shape index (κ2) is 4.45. The zero-order valence-electron chi connectivity index (χ0n) is 7.75. The molecule has 1 amide bonds. The zero-order chi connectivity index (χ0) is 8.97. The Morgan fingerprint density at radius 1 is 1.67 bits per heavy atom. The number of hydrogen-bond donors (Lipinski definition) is 1. The van der Waals surface area contributed by atoms with Gasteiger partial charge in [0.15, 0.2) is 0 Å². The number of hydrogen-bond acceptors (Lipinski definition) is 2. The average molecular weight is 170 g/mol. The third kappa shape index (κ3) is 2.48. The van der Waals surface area contributed by atoms with E-state index in [1.807, 2.05) is 4.90 Å². The molecule has 3 heteroatoms. The molecule has 0 aromatic carbocycles. The van der Waals surface area contributed by atoms with Gasteiger partial charge in [-0.2, -0.15) is 0 Å². The Morgan fingerprint density at radius 3 is 2.92 bits per heavy atom. The molecule has 1 fully saturated rings. The van der Waals surface area contributed by atoms with Crippen LogP contribution in [0.2, 0.25) is 0 Å². The van der Waals surface area contributed by atoms with Gasteiger partial charge >= 0.3 is 0 Å². The molecule has 12 heavy (non-hydrogen) atoms. The van der Waals surface area contributed by atoms with Crippen LogP contribution in [0.1, 0.15) is 32.6 Å². The Hall–Kier alpha value is -0.570. The van der Waals surface area contributed by atoms with Gasteiger partial charge in [0.25, 0.3) is 0 Å². The molecule has 70 valence electrons. The lowest BCUT2D eigenvalue weighted by Gasteiger charge is -2.14. The summed E-state index contributed by atoms with van der Waals surface area (Å²) in [5, 5.41) is 0. The quantitative estimate of drug-likeness (QED) is 0.679. The standard InChI is InChI=1S/C9H18N2O/c1-2-3-4-9(12)11-6-5-8(10)7-11/h8H,2-7,10H2,1H3. The van der Waals surface area contributed by atoms with Gasteiger partial charge in [-0.05, 0) is 12.8 Å². The molecule has 2 N–H and O–H groups in total. The number of unbranched alkanes of at least 4 members (excludes halogenated alkanes) is 1. The molecule has 0 aliphatic carbocycles. The summed E-state index contributed by atoms with van der Waals surface area (Å²) in [6, 6.07) is 0.218. The highest BCUT2D eigenvalue weighted by Crippen LogP contribution is 2.09. The van der Waals surface area contributed by atoms with E-state index in [1.165, 1.54) is 0 Å². The Morgan fingerprint density at radius 2 is 2.42 bits per heavy atom. The topological polar surface area (TPSA) is 46.3 Å². The fraction of sp³-hybridized carbons (Fsp3) is 0.889. The van der Waals surface area contributed by atoms with Crippen LogP contribution in [0, 0.1) is 0 Å². The molecule has 0 aromatic rings. The number of likely N-dealkylation sites (tertiary alicyclic amines) is 1. The van der Waals surface area contributed by atoms with Gasteiger partial charge in [0.2, 0.25) is 5.91 Å². The normalized spacial score (nSPS) is 23.2. The average Bonchev–Trinajstić information content (AvgIpc) is 2.47. The van der Waals surface area contributed by atoms with E-state index in [2.05, 4.69) is 6.92 Å². The SMILES string of the molecule is CCCCC(=O)N1CCC(N)C1. The molecule has 1 rings (SSSR count). The molecule has 0 saturated carbocycles. The largest absolute Gasteiger partial charge is 0.341 e. The predicted molar refractivity (Wildman–Crippen MR) is 48.7 cm³/mol. The van der Waals surface area contributed by atoms with E-state index in [0.29, 0.717) is 6.42 Å². The van der Waals surface area contributed by atoms with Crippen molar-refractivity contribution in [3.05, 3.63) is 0 Å². The number of nitrogens with two attached hydrogens (primary N) is 1. The minimum Gasteiger partial charge on any atom is -0.341 e. The van der Waals surface area contributed by atoms with Crippen molar-refractivity contribution in [3.8, 4) is 0 Å². The van der Waals surface area contributed by atoms with Gasteiger partial charge in [-0.15, -0.1) is 0 Å². The number of carbonyl (C=O) groups excluding carboxylic acids is 1. The van der Waals surface area contributed by atoms with E-state index < -0.39 is 0 Å². The van der Waals surface area contributed by atoms with E-state index in [0.717, 1.165) is 32.4 Å². The summed E-state index contributed by atoms with van der Waals surface area (Å²) >= 11 is 0. The van der Waals surface area contributed by atoms with Crippen molar-refractivity contribution in [3.63, 3.8) is 0 Å². The smallest absolute Gasteiger partial charge is 0.222 e. The van der Waals surface area contributed by atoms with Crippen LogP contribution < -0.4 is 5.73 Å². The maximum Gasteiger partial charge on any atom is 0.222 e. The van der Waals surface area contributed by atoms with Gasteiger partial charge in [-0.25, -0.2) is 0 Å². The van der Waals surface area contributed by atoms with Gasteiger partial charge in [-0.3, -0.25) is 4.79 Å². The molecule has 0 radical (unpaired) electrons. The predicted octanol–water partition coefficient (Wildman–Crippen LogP) is 0.736. The van der Waals surface area contributed by atoms with Crippen molar-refractivity contribution in [1.29, 1.82) is 0 Å². The van der Waals surface area contributed by atoms with Gasteiger partial charge < -0.3 is 10.6 Å². The lowest BCUT2D eigenvalue weighted by Crippen LogP contribution is -2.31. The van der Waals surface area contributed by atoms with Gasteiger partial charge in [0.05, 0.1) is 0 Å². The number of amides is 1. The first-order chi connectivity index (χ1) is 5.74. The van der Waals surface area contributed by atoms with Crippen LogP contribution in [0.3, 0.4) is 0 Å². The summed E-state index contributed by atoms with van der Waals surface area (Å²) in [4.78, 5) is 13.3. The molecular weight excluding hydrogens is 152 g/mol. The van der Waals surface area contributed by atoms with Crippen LogP contribution in [0.5, 0.6) is 0 Å². The minimum absolute atomic E-state index is 0.218. The maximum atomic E-state index is 11.4. The first kappa shape index (κ1) is 9.52. The van der Waals surface area contributed by atoms with E-state index in [9.17, 15) is 4.79 Å². The first-order valence-electron chi connectivity index (χ1n) is 4.77. The summed E-state index contributed by atoms with van der Waals surface area (Å²) in [7, 11) is 0. The Balaban J connectivity index is 2.23. The van der Waals surface area contributed by atoms with E-state index in [-0.39, 0.29) is 11.9 Å². The van der Waals surface area contributed by atoms with E-state index in [1.54, 1.807) is 0 Å². The highest BCUT2D eigenvalue weighted by molar-refractivity contribution is 5.76. The number of rotatable bonds is 3. The molecule has 0 aromatic heterocycles. The second-order valence-corrected chi connectivity index (χ2v) is 3.49. The summed E-state index contributed by atoms with van der Waals surface area (Å²) in [5.41, 5.74) is 5.70. The van der Waals surface area contributed by atoms with Crippen molar-refractivity contribution < 1.29 is 4.79 Å². The molecular formula is C9H18N2O. The van der Waals surface area contributed by atoms with Crippen molar-refractivity contribution in [1.82, 2.24) is 4.90 Å². The molecule has 1 aliphatic heterocycles. The van der Waals surface area contributed by atoms with Crippen LogP contribution in [-0.4, -0.2) is 29.9 Å². The molecule has 1 heterocycles. The molecule has 1 unspecified atom stereocenters. The van der Waals surface area contributed by atoms with Crippen LogP contribution >= 0.6 is 0 Å². The summed E-state index contributed by atoms with van der Waals surface area (Å²) in [5.74, 6) is 0.282. The highest BCUT2D eigenvalue weighted by Gasteiger charge is 2.22. The molecule has 3 nitrogen and oxygen atoms in total. The molecule has 1 saturated heterocycles. The fourth-order valence-corrected chi connectivity index (χ4v) is 1.50. The van der Waals surface area contributed by atoms with Crippen molar-refractivity contribution >= 4 is 5.91 Å². The Kier molecular flexibility index (Phi) is 3.53. The first-order valence-corrected chi connectivity index (χ1v) is 4.77. The lowest BCUT2D eigenvalue weighted by atomic mass is 10.2. The molecule has 0 spiro atoms. The van der Waals surface area contributed by atoms with Crippen molar-refractivity contribution in [2.45, 2.75) is 38.6 Å². The van der Waals surface area contributed by atoms with Crippen LogP contribution in [0.25, 0.3) is 0 Å². The van der Waals surface area contributed by atoms with Gasteiger partial charge in [-0.1, -0.05) is 13.3 Å². The van der Waals surface area contributed by atoms with Crippen molar-refractivity contribution in [2.24, 2.45) is 5.73 Å². The summed E-state index contributed by atoms with van der Waals surface area (Å²) in [6.07, 6.45) is 3.76. The lowest BCUT2D eigenvalue weighted by molar-refractivity contribution is -0.130. The Bertz CT molecular complexity index is 159. The zero-order valence-corrected chi connectivity index (χ0v) is 7.75. The molecule has 1 aliphatic rings. The monoisotopic (exact) mass is 170 g/mol. The summed E-state index contributed by atoms with van der Waals surface area (Å²) in [6.45, 7) is 3.73. The summed E-state index contributed by atoms with van der Waals surface area (Å²) < 4.78 is 0. The van der Waals surface area contributed by atoms with Crippen LogP contribution in [0.15, 0.2) is 0 Å². The van der Waals surface area contributed by atoms with Crippen LogP contribution in [0.4, 0.5) is 0 Å². The van der Waals surface area contributed by atoms with Crippen LogP contribution in [-0.2, 0) is 4.79 Å². The van der Waals surface area contributed by atoms with Gasteiger partial charge in [0.1, 0.15) is 0 Å². The third-order valence-corrected chi connectivity index (χ3v) is 2.32. The number of carbonyl (C=O) groups is 1. The van der Waals surface area contributed by atoms with Crippen molar-refractivity contribution in [2.75, 3.05) is 13.1 Å². The highest BCUT2D eigenvalue weighted by atomic mass is 16.2. The van der Waals surface area contributed by atoms with Gasteiger partial charge in [0, 0.05) is 25.6 Å². The third-order valence-electron chi connectivity index (χ3n) is 2.32. The fourth-order valence-electron chi connectivity index (χ4n) is 1.50. The molecule has 0 bridgehead atoms. The number of nitrogens with zero attached hydrogens (tertiary/aromatic N) is 1. The molecule has 1 atom stereocenters. The second-order valence-electron chi connectivity index (χ2n) is 3.49. The Labute approximate surface area is 73.9 Å².